The number of anilines is 2. The van der Waals surface area contributed by atoms with E-state index >= 15 is 0 Å². The van der Waals surface area contributed by atoms with Crippen molar-refractivity contribution in [2.24, 2.45) is 0 Å². The van der Waals surface area contributed by atoms with Gasteiger partial charge < -0.3 is 15.4 Å². The van der Waals surface area contributed by atoms with Crippen LogP contribution in [0.3, 0.4) is 0 Å². The number of ether oxygens (including phenoxy) is 1. The van der Waals surface area contributed by atoms with E-state index in [0.29, 0.717) is 11.4 Å². The Bertz CT molecular complexity index is 1030. The molecule has 0 aliphatic heterocycles. The molecular weight excluding hydrogens is 366 g/mol. The predicted molar refractivity (Wildman–Crippen MR) is 114 cm³/mol. The maximum Gasteiger partial charge on any atom is 0.274 e. The number of pyridine rings is 1. The topological polar surface area (TPSA) is 80.3 Å². The zero-order valence-electron chi connectivity index (χ0n) is 16.6. The lowest BCUT2D eigenvalue weighted by Gasteiger charge is -2.13. The minimum Gasteiger partial charge on any atom is -0.495 e. The summed E-state index contributed by atoms with van der Waals surface area (Å²) in [4.78, 5) is 29.5. The smallest absolute Gasteiger partial charge is 0.274 e. The molecule has 0 spiro atoms. The van der Waals surface area contributed by atoms with E-state index in [9.17, 15) is 9.59 Å². The molecule has 6 heteroatoms. The third-order valence-corrected chi connectivity index (χ3v) is 4.40. The Morgan fingerprint density at radius 1 is 0.793 bits per heavy atom. The van der Waals surface area contributed by atoms with Crippen LogP contribution < -0.4 is 15.4 Å². The van der Waals surface area contributed by atoms with Crippen LogP contribution in [0.4, 0.5) is 11.4 Å². The second kappa shape index (κ2) is 9.01. The molecule has 29 heavy (non-hydrogen) atoms. The van der Waals surface area contributed by atoms with Crippen LogP contribution in [0.2, 0.25) is 0 Å². The summed E-state index contributed by atoms with van der Waals surface area (Å²) >= 11 is 0. The van der Waals surface area contributed by atoms with E-state index in [1.807, 2.05) is 30.3 Å². The fourth-order valence-electron chi connectivity index (χ4n) is 2.92. The van der Waals surface area contributed by atoms with Crippen molar-refractivity contribution in [3.63, 3.8) is 0 Å². The molecule has 148 valence electrons. The van der Waals surface area contributed by atoms with E-state index in [1.54, 1.807) is 36.4 Å². The van der Waals surface area contributed by atoms with Gasteiger partial charge in [0, 0.05) is 5.69 Å². The van der Waals surface area contributed by atoms with Gasteiger partial charge in [-0.05, 0) is 41.8 Å². The summed E-state index contributed by atoms with van der Waals surface area (Å²) in [6.45, 7) is 4.12. The fraction of sp³-hybridized carbons (Fsp3) is 0.174. The van der Waals surface area contributed by atoms with Crippen molar-refractivity contribution < 1.29 is 14.3 Å². The van der Waals surface area contributed by atoms with Crippen LogP contribution >= 0.6 is 0 Å². The third kappa shape index (κ3) is 4.79. The Labute approximate surface area is 169 Å². The van der Waals surface area contributed by atoms with Gasteiger partial charge in [-0.2, -0.15) is 0 Å². The fourth-order valence-corrected chi connectivity index (χ4v) is 2.92. The lowest BCUT2D eigenvalue weighted by Crippen LogP contribution is -2.19. The van der Waals surface area contributed by atoms with Crippen LogP contribution in [-0.2, 0) is 0 Å². The minimum absolute atomic E-state index is 0.140. The molecule has 0 fully saturated rings. The van der Waals surface area contributed by atoms with Crippen LogP contribution in [0.15, 0.2) is 66.7 Å². The summed E-state index contributed by atoms with van der Waals surface area (Å²) < 4.78 is 5.24. The van der Waals surface area contributed by atoms with E-state index in [-0.39, 0.29) is 23.2 Å². The zero-order chi connectivity index (χ0) is 20.8. The normalized spacial score (nSPS) is 10.5. The van der Waals surface area contributed by atoms with Crippen molar-refractivity contribution in [3.05, 3.63) is 83.7 Å². The molecule has 0 aliphatic carbocycles. The number of carbonyl (C=O) groups excluding carboxylic acids is 2. The van der Waals surface area contributed by atoms with Gasteiger partial charge in [0.1, 0.15) is 17.1 Å². The lowest BCUT2D eigenvalue weighted by molar-refractivity contribution is 0.101. The summed E-state index contributed by atoms with van der Waals surface area (Å²) in [6.07, 6.45) is 0. The maximum atomic E-state index is 12.7. The number of carbonyl (C=O) groups is 2. The van der Waals surface area contributed by atoms with Crippen molar-refractivity contribution in [2.75, 3.05) is 17.7 Å². The van der Waals surface area contributed by atoms with Gasteiger partial charge in [0.05, 0.1) is 12.8 Å². The van der Waals surface area contributed by atoms with Crippen molar-refractivity contribution >= 4 is 23.2 Å². The number of amides is 2. The first-order valence-corrected chi connectivity index (χ1v) is 9.31. The Kier molecular flexibility index (Phi) is 6.24. The molecule has 0 atom stereocenters. The van der Waals surface area contributed by atoms with Crippen molar-refractivity contribution in [1.29, 1.82) is 0 Å². The molecule has 0 radical (unpaired) electrons. The van der Waals surface area contributed by atoms with E-state index < -0.39 is 5.91 Å². The minimum atomic E-state index is -0.424. The quantitative estimate of drug-likeness (QED) is 0.639. The molecule has 3 rings (SSSR count). The summed E-state index contributed by atoms with van der Waals surface area (Å²) in [6, 6.07) is 19.5. The number of hydrogen-bond acceptors (Lipinski definition) is 4. The maximum absolute atomic E-state index is 12.7. The van der Waals surface area contributed by atoms with E-state index in [1.165, 1.54) is 7.11 Å². The predicted octanol–water partition coefficient (Wildman–Crippen LogP) is 4.72. The van der Waals surface area contributed by atoms with Gasteiger partial charge in [-0.15, -0.1) is 0 Å². The highest BCUT2D eigenvalue weighted by Crippen LogP contribution is 2.25. The Morgan fingerprint density at radius 3 is 1.97 bits per heavy atom. The molecule has 0 aliphatic rings. The van der Waals surface area contributed by atoms with Gasteiger partial charge >= 0.3 is 0 Å². The monoisotopic (exact) mass is 389 g/mol. The van der Waals surface area contributed by atoms with Crippen LogP contribution in [0.25, 0.3) is 0 Å². The Hall–Kier alpha value is -3.67. The number of rotatable bonds is 6. The number of benzene rings is 2. The summed E-state index contributed by atoms with van der Waals surface area (Å²) in [7, 11) is 1.53. The molecule has 2 aromatic carbocycles. The highest BCUT2D eigenvalue weighted by atomic mass is 16.5. The number of nitrogens with zero attached hydrogens (tertiary/aromatic N) is 1. The molecule has 0 saturated carbocycles. The number of aromatic nitrogens is 1. The summed E-state index contributed by atoms with van der Waals surface area (Å²) in [5.41, 5.74) is 2.60. The number of hydrogen-bond donors (Lipinski definition) is 2. The van der Waals surface area contributed by atoms with Gasteiger partial charge in [-0.1, -0.05) is 50.2 Å². The summed E-state index contributed by atoms with van der Waals surface area (Å²) in [5.74, 6) is 0.00855. The average Bonchev–Trinajstić information content (AvgIpc) is 2.74. The van der Waals surface area contributed by atoms with Crippen molar-refractivity contribution in [3.8, 4) is 5.75 Å². The van der Waals surface area contributed by atoms with E-state index in [4.69, 9.17) is 4.74 Å². The average molecular weight is 389 g/mol. The molecule has 0 bridgehead atoms. The van der Waals surface area contributed by atoms with Gasteiger partial charge in [0.2, 0.25) is 0 Å². The Morgan fingerprint density at radius 2 is 1.34 bits per heavy atom. The SMILES string of the molecule is COc1ccccc1NC(=O)c1cccc(C(=O)Nc2ccccc2C(C)C)n1. The molecular formula is C23H23N3O3. The van der Waals surface area contributed by atoms with Gasteiger partial charge in [0.25, 0.3) is 11.8 Å². The van der Waals surface area contributed by atoms with E-state index in [0.717, 1.165) is 11.3 Å². The van der Waals surface area contributed by atoms with Gasteiger partial charge in [-0.3, -0.25) is 9.59 Å². The molecule has 6 nitrogen and oxygen atoms in total. The molecule has 2 amide bonds. The molecule has 1 aromatic heterocycles. The van der Waals surface area contributed by atoms with Crippen molar-refractivity contribution in [1.82, 2.24) is 4.98 Å². The highest BCUT2D eigenvalue weighted by Gasteiger charge is 2.15. The summed E-state index contributed by atoms with van der Waals surface area (Å²) in [5, 5.41) is 5.65. The first kappa shape index (κ1) is 20.1. The number of nitrogens with one attached hydrogen (secondary N) is 2. The third-order valence-electron chi connectivity index (χ3n) is 4.40. The van der Waals surface area contributed by atoms with Crippen LogP contribution in [-0.4, -0.2) is 23.9 Å². The second-order valence-corrected chi connectivity index (χ2v) is 6.76. The van der Waals surface area contributed by atoms with E-state index in [2.05, 4.69) is 29.5 Å². The molecule has 0 saturated heterocycles. The molecule has 2 N–H and O–H groups in total. The molecule has 3 aromatic rings. The molecule has 0 unspecified atom stereocenters. The zero-order valence-corrected chi connectivity index (χ0v) is 16.6. The number of methoxy groups -OCH3 is 1. The van der Waals surface area contributed by atoms with Gasteiger partial charge in [0.15, 0.2) is 0 Å². The number of para-hydroxylation sites is 3. The first-order chi connectivity index (χ1) is 14.0. The Balaban J connectivity index is 1.79. The van der Waals surface area contributed by atoms with Gasteiger partial charge in [-0.25, -0.2) is 4.98 Å². The van der Waals surface area contributed by atoms with Crippen LogP contribution in [0.5, 0.6) is 5.75 Å². The molecule has 1 heterocycles. The standard InChI is InChI=1S/C23H23N3O3/c1-15(2)16-9-4-5-10-17(16)25-22(27)19-12-8-13-20(24-19)23(28)26-18-11-6-7-14-21(18)29-3/h4-15H,1-3H3,(H,25,27)(H,26,28). The highest BCUT2D eigenvalue weighted by molar-refractivity contribution is 6.06. The van der Waals surface area contributed by atoms with Crippen molar-refractivity contribution in [2.45, 2.75) is 19.8 Å². The van der Waals surface area contributed by atoms with Crippen LogP contribution in [0, 0.1) is 0 Å². The van der Waals surface area contributed by atoms with Crippen LogP contribution in [0.1, 0.15) is 46.3 Å². The lowest BCUT2D eigenvalue weighted by atomic mass is 10.0. The first-order valence-electron chi connectivity index (χ1n) is 9.31. The largest absolute Gasteiger partial charge is 0.495 e. The second-order valence-electron chi connectivity index (χ2n) is 6.76.